The van der Waals surface area contributed by atoms with Crippen LogP contribution in [0.3, 0.4) is 0 Å². The zero-order chi connectivity index (χ0) is 18.0. The van der Waals surface area contributed by atoms with Crippen molar-refractivity contribution >= 4 is 5.97 Å². The van der Waals surface area contributed by atoms with Gasteiger partial charge in [-0.3, -0.25) is 0 Å². The van der Waals surface area contributed by atoms with Gasteiger partial charge in [-0.25, -0.2) is 4.79 Å². The first-order chi connectivity index (χ1) is 11.1. The fourth-order valence-electron chi connectivity index (χ4n) is 2.05. The van der Waals surface area contributed by atoms with Crippen LogP contribution in [0.5, 0.6) is 0 Å². The minimum absolute atomic E-state index is 0.345. The van der Waals surface area contributed by atoms with Crippen LogP contribution in [0.1, 0.15) is 27.0 Å². The van der Waals surface area contributed by atoms with Crippen molar-refractivity contribution < 1.29 is 35.9 Å². The van der Waals surface area contributed by atoms with Crippen LogP contribution < -0.4 is 0 Å². The third-order valence-corrected chi connectivity index (χ3v) is 3.13. The van der Waals surface area contributed by atoms with Crippen LogP contribution in [0.2, 0.25) is 0 Å². The lowest BCUT2D eigenvalue weighted by atomic mass is 10.1. The molecule has 0 fully saturated rings. The number of esters is 1. The fraction of sp³-hybridized carbons (Fsp3) is 0.188. The molecule has 0 spiro atoms. The van der Waals surface area contributed by atoms with Crippen molar-refractivity contribution in [3.63, 3.8) is 0 Å². The Hall–Kier alpha value is -2.51. The van der Waals surface area contributed by atoms with Crippen molar-refractivity contribution in [3.8, 4) is 0 Å². The highest BCUT2D eigenvalue weighted by Crippen LogP contribution is 2.34. The number of hydrogen-bond acceptors (Lipinski definition) is 2. The van der Waals surface area contributed by atoms with Gasteiger partial charge in [0.25, 0.3) is 0 Å². The van der Waals surface area contributed by atoms with Gasteiger partial charge in [0, 0.05) is 5.56 Å². The maximum atomic E-state index is 12.8. The van der Waals surface area contributed by atoms with E-state index in [0.717, 1.165) is 30.3 Å². The number of carbonyl (C=O) groups excluding carboxylic acids is 1. The minimum atomic E-state index is -4.78. The van der Waals surface area contributed by atoms with Crippen molar-refractivity contribution in [2.45, 2.75) is 19.0 Å². The second-order valence-corrected chi connectivity index (χ2v) is 4.77. The largest absolute Gasteiger partial charge is 0.457 e. The molecule has 0 unspecified atom stereocenters. The molecule has 0 atom stereocenters. The molecule has 2 nitrogen and oxygen atoms in total. The summed E-state index contributed by atoms with van der Waals surface area (Å²) in [5, 5.41) is 0. The quantitative estimate of drug-likeness (QED) is 0.571. The van der Waals surface area contributed by atoms with Crippen LogP contribution in [0.25, 0.3) is 0 Å². The predicted octanol–water partition coefficient (Wildman–Crippen LogP) is 5.08. The molecular formula is C16H10F6O2. The zero-order valence-electron chi connectivity index (χ0n) is 11.9. The predicted molar refractivity (Wildman–Crippen MR) is 72.0 cm³/mol. The minimum Gasteiger partial charge on any atom is -0.457 e. The molecule has 0 aliphatic carbocycles. The molecule has 128 valence electrons. The van der Waals surface area contributed by atoms with Crippen LogP contribution in [-0.2, 0) is 23.7 Å². The summed E-state index contributed by atoms with van der Waals surface area (Å²) in [5.41, 5.74) is -3.32. The van der Waals surface area contributed by atoms with E-state index in [1.165, 1.54) is 12.1 Å². The molecule has 0 radical (unpaired) electrons. The topological polar surface area (TPSA) is 26.3 Å². The second kappa shape index (κ2) is 6.54. The number of ether oxygens (including phenoxy) is 1. The van der Waals surface area contributed by atoms with Crippen molar-refractivity contribution in [2.75, 3.05) is 0 Å². The van der Waals surface area contributed by atoms with Crippen LogP contribution >= 0.6 is 0 Å². The molecule has 0 saturated carbocycles. The summed E-state index contributed by atoms with van der Waals surface area (Å²) in [5.74, 6) is -1.35. The SMILES string of the molecule is O=C(OCc1ccccc1C(F)(F)F)c1ccccc1C(F)(F)F. The first-order valence-corrected chi connectivity index (χ1v) is 6.59. The van der Waals surface area contributed by atoms with Crippen molar-refractivity contribution in [1.82, 2.24) is 0 Å². The van der Waals surface area contributed by atoms with E-state index >= 15 is 0 Å². The second-order valence-electron chi connectivity index (χ2n) is 4.77. The van der Waals surface area contributed by atoms with Crippen LogP contribution in [0.4, 0.5) is 26.3 Å². The highest BCUT2D eigenvalue weighted by atomic mass is 19.4. The normalized spacial score (nSPS) is 12.1. The Bertz CT molecular complexity index is 734. The van der Waals surface area contributed by atoms with Gasteiger partial charge in [-0.2, -0.15) is 26.3 Å². The number of carbonyl (C=O) groups is 1. The van der Waals surface area contributed by atoms with E-state index < -0.39 is 41.6 Å². The van der Waals surface area contributed by atoms with Gasteiger partial charge in [0.05, 0.1) is 16.7 Å². The Balaban J connectivity index is 2.22. The fourth-order valence-corrected chi connectivity index (χ4v) is 2.05. The highest BCUT2D eigenvalue weighted by molar-refractivity contribution is 5.91. The van der Waals surface area contributed by atoms with Gasteiger partial charge in [0.2, 0.25) is 0 Å². The van der Waals surface area contributed by atoms with Gasteiger partial charge in [0.1, 0.15) is 6.61 Å². The van der Waals surface area contributed by atoms with Gasteiger partial charge >= 0.3 is 18.3 Å². The van der Waals surface area contributed by atoms with E-state index in [9.17, 15) is 31.1 Å². The van der Waals surface area contributed by atoms with Crippen molar-refractivity contribution in [2.24, 2.45) is 0 Å². The molecule has 0 saturated heterocycles. The highest BCUT2D eigenvalue weighted by Gasteiger charge is 2.36. The Morgan fingerprint density at radius 1 is 0.792 bits per heavy atom. The molecule has 2 rings (SSSR count). The number of hydrogen-bond donors (Lipinski definition) is 0. The molecule has 0 amide bonds. The maximum absolute atomic E-state index is 12.8. The van der Waals surface area contributed by atoms with Gasteiger partial charge in [-0.15, -0.1) is 0 Å². The Labute approximate surface area is 132 Å². The summed E-state index contributed by atoms with van der Waals surface area (Å²) < 4.78 is 81.6. The average Bonchev–Trinajstić information content (AvgIpc) is 2.51. The molecule has 0 bridgehead atoms. The molecule has 0 N–H and O–H groups in total. The molecule has 0 aromatic heterocycles. The summed E-state index contributed by atoms with van der Waals surface area (Å²) in [4.78, 5) is 11.8. The third kappa shape index (κ3) is 4.06. The first kappa shape index (κ1) is 17.8. The third-order valence-electron chi connectivity index (χ3n) is 3.13. The van der Waals surface area contributed by atoms with E-state index in [2.05, 4.69) is 4.74 Å². The van der Waals surface area contributed by atoms with E-state index in [1.54, 1.807) is 0 Å². The van der Waals surface area contributed by atoms with E-state index in [0.29, 0.717) is 6.07 Å². The summed E-state index contributed by atoms with van der Waals surface area (Å²) in [6, 6.07) is 8.25. The van der Waals surface area contributed by atoms with Crippen LogP contribution in [-0.4, -0.2) is 5.97 Å². The number of alkyl halides is 6. The monoisotopic (exact) mass is 348 g/mol. The van der Waals surface area contributed by atoms with Gasteiger partial charge in [-0.1, -0.05) is 30.3 Å². The maximum Gasteiger partial charge on any atom is 0.417 e. The van der Waals surface area contributed by atoms with Gasteiger partial charge in [0.15, 0.2) is 0 Å². The number of rotatable bonds is 3. The van der Waals surface area contributed by atoms with Crippen LogP contribution in [0, 0.1) is 0 Å². The number of halogens is 6. The summed E-state index contributed by atoms with van der Waals surface area (Å²) in [6.45, 7) is -0.791. The van der Waals surface area contributed by atoms with E-state index in [1.807, 2.05) is 0 Å². The lowest BCUT2D eigenvalue weighted by Crippen LogP contribution is -2.16. The van der Waals surface area contributed by atoms with E-state index in [4.69, 9.17) is 0 Å². The Kier molecular flexibility index (Phi) is 4.86. The number of benzene rings is 2. The standard InChI is InChI=1S/C16H10F6O2/c17-15(18,19)12-7-3-1-5-10(12)9-24-14(23)11-6-2-4-8-13(11)16(20,21)22/h1-8H,9H2. The van der Waals surface area contributed by atoms with E-state index in [-0.39, 0.29) is 5.56 Å². The summed E-state index contributed by atoms with van der Waals surface area (Å²) in [6.07, 6.45) is -9.44. The van der Waals surface area contributed by atoms with Crippen LogP contribution in [0.15, 0.2) is 48.5 Å². The summed E-state index contributed by atoms with van der Waals surface area (Å²) in [7, 11) is 0. The van der Waals surface area contributed by atoms with Gasteiger partial charge < -0.3 is 4.74 Å². The summed E-state index contributed by atoms with van der Waals surface area (Å²) >= 11 is 0. The zero-order valence-corrected chi connectivity index (χ0v) is 11.9. The smallest absolute Gasteiger partial charge is 0.417 e. The lowest BCUT2D eigenvalue weighted by Gasteiger charge is -2.14. The molecule has 0 aliphatic heterocycles. The first-order valence-electron chi connectivity index (χ1n) is 6.59. The molecule has 24 heavy (non-hydrogen) atoms. The Morgan fingerprint density at radius 2 is 1.29 bits per heavy atom. The molecule has 2 aromatic carbocycles. The molecule has 2 aromatic rings. The molecule has 8 heteroatoms. The van der Waals surface area contributed by atoms with Crippen molar-refractivity contribution in [3.05, 3.63) is 70.8 Å². The average molecular weight is 348 g/mol. The lowest BCUT2D eigenvalue weighted by molar-refractivity contribution is -0.138. The molecule has 0 heterocycles. The van der Waals surface area contributed by atoms with Crippen molar-refractivity contribution in [1.29, 1.82) is 0 Å². The molecular weight excluding hydrogens is 338 g/mol. The van der Waals surface area contributed by atoms with Gasteiger partial charge in [-0.05, 0) is 18.2 Å². The Morgan fingerprint density at radius 3 is 1.88 bits per heavy atom. The molecule has 0 aliphatic rings.